The quantitative estimate of drug-likeness (QED) is 0.513. The van der Waals surface area contributed by atoms with Crippen LogP contribution in [0.2, 0.25) is 0 Å². The number of phosphoric acid groups is 1. The van der Waals surface area contributed by atoms with Crippen LogP contribution >= 0.6 is 7.82 Å². The van der Waals surface area contributed by atoms with Crippen molar-refractivity contribution < 1.29 is 27.9 Å². The van der Waals surface area contributed by atoms with Gasteiger partial charge in [-0.15, -0.1) is 0 Å². The lowest BCUT2D eigenvalue weighted by molar-refractivity contribution is 0.0315. The Morgan fingerprint density at radius 2 is 1.27 bits per heavy atom. The summed E-state index contributed by atoms with van der Waals surface area (Å²) in [6, 6.07) is 16.4. The Morgan fingerprint density at radius 1 is 0.846 bits per heavy atom. The van der Waals surface area contributed by atoms with Gasteiger partial charge in [-0.3, -0.25) is 14.1 Å². The van der Waals surface area contributed by atoms with Crippen molar-refractivity contribution in [3.8, 4) is 0 Å². The van der Waals surface area contributed by atoms with Crippen molar-refractivity contribution in [2.45, 2.75) is 13.3 Å². The molecule has 2 aromatic rings. The summed E-state index contributed by atoms with van der Waals surface area (Å²) in [7, 11) is -4.25. The molecule has 2 amide bonds. The summed E-state index contributed by atoms with van der Waals surface area (Å²) in [4.78, 5) is 23.9. The van der Waals surface area contributed by atoms with Gasteiger partial charge >= 0.3 is 7.82 Å². The highest BCUT2D eigenvalue weighted by Gasteiger charge is 2.30. The van der Waals surface area contributed by atoms with Crippen molar-refractivity contribution in [2.75, 3.05) is 6.61 Å². The second-order valence-corrected chi connectivity index (χ2v) is 6.58. The molecule has 2 aromatic carbocycles. The van der Waals surface area contributed by atoms with Gasteiger partial charge in [-0.2, -0.15) is 9.25 Å². The number of carbonyl (C=O) groups is 2. The molecule has 8 nitrogen and oxygen atoms in total. The molecule has 0 bridgehead atoms. The van der Waals surface area contributed by atoms with Crippen molar-refractivity contribution in [1.82, 2.24) is 11.0 Å². The standard InChI is InChI=1S/C17H19N2O6P/c1-2-13-23-26(22,24-18-16(20)14-9-5-3-6-10-14)25-19-17(21)15-11-7-4-8-12-15/h3-12H,2,13H2,1H3,(H,18,20)(H,19,21). The largest absolute Gasteiger partial charge is 0.517 e. The average molecular weight is 378 g/mol. The molecule has 0 aliphatic carbocycles. The summed E-state index contributed by atoms with van der Waals surface area (Å²) >= 11 is 0. The average Bonchev–Trinajstić information content (AvgIpc) is 2.70. The Bertz CT molecular complexity index is 710. The van der Waals surface area contributed by atoms with Gasteiger partial charge in [0.2, 0.25) is 0 Å². The molecule has 0 saturated heterocycles. The molecule has 0 fully saturated rings. The van der Waals surface area contributed by atoms with Crippen molar-refractivity contribution >= 4 is 19.6 Å². The van der Waals surface area contributed by atoms with Crippen LogP contribution in [0.5, 0.6) is 0 Å². The van der Waals surface area contributed by atoms with Crippen LogP contribution in [-0.2, 0) is 18.3 Å². The summed E-state index contributed by atoms with van der Waals surface area (Å²) in [5, 5.41) is 0. The van der Waals surface area contributed by atoms with E-state index in [1.54, 1.807) is 67.6 Å². The zero-order valence-electron chi connectivity index (χ0n) is 14.1. The molecule has 26 heavy (non-hydrogen) atoms. The van der Waals surface area contributed by atoms with Crippen molar-refractivity contribution in [2.24, 2.45) is 0 Å². The van der Waals surface area contributed by atoms with Gasteiger partial charge in [0.05, 0.1) is 6.61 Å². The number of hydroxylamine groups is 2. The number of hydrogen-bond acceptors (Lipinski definition) is 6. The highest BCUT2D eigenvalue weighted by atomic mass is 31.2. The maximum Gasteiger partial charge on any atom is 0.517 e. The first-order valence-electron chi connectivity index (χ1n) is 7.86. The molecule has 0 aromatic heterocycles. The van der Waals surface area contributed by atoms with Crippen LogP contribution in [0.3, 0.4) is 0 Å². The molecule has 138 valence electrons. The predicted molar refractivity (Wildman–Crippen MR) is 93.8 cm³/mol. The normalized spacial score (nSPS) is 11.0. The van der Waals surface area contributed by atoms with Crippen LogP contribution in [0.15, 0.2) is 60.7 Å². The van der Waals surface area contributed by atoms with Gasteiger partial charge in [-0.25, -0.2) is 15.5 Å². The number of nitrogens with one attached hydrogen (secondary N) is 2. The lowest BCUT2D eigenvalue weighted by Gasteiger charge is -2.17. The number of hydrogen-bond donors (Lipinski definition) is 2. The van der Waals surface area contributed by atoms with E-state index in [2.05, 4.69) is 0 Å². The van der Waals surface area contributed by atoms with E-state index in [0.29, 0.717) is 17.5 Å². The Morgan fingerprint density at radius 3 is 1.65 bits per heavy atom. The van der Waals surface area contributed by atoms with Gasteiger partial charge in [0, 0.05) is 11.1 Å². The molecule has 0 radical (unpaired) electrons. The summed E-state index contributed by atoms with van der Waals surface area (Å²) in [5.41, 5.74) is 4.61. The molecule has 0 atom stereocenters. The highest BCUT2D eigenvalue weighted by molar-refractivity contribution is 7.48. The third-order valence-corrected chi connectivity index (χ3v) is 4.15. The van der Waals surface area contributed by atoms with E-state index in [1.807, 2.05) is 11.0 Å². The zero-order valence-corrected chi connectivity index (χ0v) is 15.0. The molecular weight excluding hydrogens is 359 g/mol. The van der Waals surface area contributed by atoms with E-state index in [-0.39, 0.29) is 6.61 Å². The summed E-state index contributed by atoms with van der Waals surface area (Å²) in [5.74, 6) is -1.27. The Kier molecular flexibility index (Phi) is 7.50. The minimum atomic E-state index is -4.25. The van der Waals surface area contributed by atoms with Crippen molar-refractivity contribution in [3.05, 3.63) is 71.8 Å². The minimum Gasteiger partial charge on any atom is -0.284 e. The van der Waals surface area contributed by atoms with Crippen LogP contribution in [-0.4, -0.2) is 18.4 Å². The van der Waals surface area contributed by atoms with E-state index in [9.17, 15) is 14.2 Å². The van der Waals surface area contributed by atoms with Crippen LogP contribution in [0.1, 0.15) is 34.1 Å². The fourth-order valence-corrected chi connectivity index (χ4v) is 2.70. The zero-order chi connectivity index (χ0) is 18.8. The van der Waals surface area contributed by atoms with Crippen LogP contribution < -0.4 is 11.0 Å². The minimum absolute atomic E-state index is 0.0414. The number of carbonyl (C=O) groups excluding carboxylic acids is 2. The smallest absolute Gasteiger partial charge is 0.284 e. The molecule has 2 rings (SSSR count). The summed E-state index contributed by atoms with van der Waals surface area (Å²) in [6.07, 6.45) is 0.524. The van der Waals surface area contributed by atoms with Gasteiger partial charge in [0.1, 0.15) is 0 Å². The van der Waals surface area contributed by atoms with Gasteiger partial charge in [-0.05, 0) is 30.7 Å². The molecule has 0 aliphatic rings. The second-order valence-electron chi connectivity index (χ2n) is 5.06. The molecule has 2 N–H and O–H groups in total. The van der Waals surface area contributed by atoms with Crippen LogP contribution in [0, 0.1) is 0 Å². The van der Waals surface area contributed by atoms with Crippen molar-refractivity contribution in [1.29, 1.82) is 0 Å². The maximum atomic E-state index is 12.5. The van der Waals surface area contributed by atoms with Gasteiger partial charge in [-0.1, -0.05) is 43.3 Å². The SMILES string of the molecule is CCCOP(=O)(ONC(=O)c1ccccc1)ONC(=O)c1ccccc1. The second kappa shape index (κ2) is 9.84. The molecule has 0 saturated carbocycles. The maximum absolute atomic E-state index is 12.5. The van der Waals surface area contributed by atoms with E-state index in [4.69, 9.17) is 13.8 Å². The number of benzene rings is 2. The molecule has 0 heterocycles. The van der Waals surface area contributed by atoms with Crippen molar-refractivity contribution in [3.63, 3.8) is 0 Å². The Hall–Kier alpha value is -2.51. The molecule has 0 spiro atoms. The molecule has 9 heteroatoms. The number of amides is 2. The Labute approximate surface area is 151 Å². The fourth-order valence-electron chi connectivity index (χ4n) is 1.77. The lowest BCUT2D eigenvalue weighted by atomic mass is 10.2. The summed E-state index contributed by atoms with van der Waals surface area (Å²) in [6.45, 7) is 1.83. The van der Waals surface area contributed by atoms with Gasteiger partial charge in [0.15, 0.2) is 0 Å². The van der Waals surface area contributed by atoms with Gasteiger partial charge < -0.3 is 0 Å². The molecular formula is C17H19N2O6P. The van der Waals surface area contributed by atoms with E-state index in [1.165, 1.54) is 0 Å². The first-order chi connectivity index (χ1) is 12.5. The first-order valence-corrected chi connectivity index (χ1v) is 9.32. The monoisotopic (exact) mass is 378 g/mol. The van der Waals surface area contributed by atoms with Crippen LogP contribution in [0.4, 0.5) is 0 Å². The van der Waals surface area contributed by atoms with Crippen LogP contribution in [0.25, 0.3) is 0 Å². The number of rotatable bonds is 9. The molecule has 0 unspecified atom stereocenters. The first kappa shape index (κ1) is 19.8. The van der Waals surface area contributed by atoms with E-state index >= 15 is 0 Å². The predicted octanol–water partition coefficient (Wildman–Crippen LogP) is 3.24. The summed E-state index contributed by atoms with van der Waals surface area (Å²) < 4.78 is 27.2. The third-order valence-electron chi connectivity index (χ3n) is 3.03. The lowest BCUT2D eigenvalue weighted by Crippen LogP contribution is -2.28. The topological polar surface area (TPSA) is 103 Å². The fraction of sp³-hybridized carbons (Fsp3) is 0.176. The van der Waals surface area contributed by atoms with E-state index < -0.39 is 19.6 Å². The Balaban J connectivity index is 1.96. The molecule has 0 aliphatic heterocycles. The highest BCUT2D eigenvalue weighted by Crippen LogP contribution is 2.47. The van der Waals surface area contributed by atoms with E-state index in [0.717, 1.165) is 0 Å². The third kappa shape index (κ3) is 6.09. The van der Waals surface area contributed by atoms with Gasteiger partial charge in [0.25, 0.3) is 11.8 Å².